The molecule has 0 saturated carbocycles. The Morgan fingerprint density at radius 3 is 2.44 bits per heavy atom. The molecule has 0 aromatic carbocycles. The molecule has 1 aromatic rings. The number of aromatic nitrogens is 2. The molecule has 0 spiro atoms. The summed E-state index contributed by atoms with van der Waals surface area (Å²) in [7, 11) is -2.88. The largest absolute Gasteiger partial charge is 0.394 e. The smallest absolute Gasteiger partial charge is 0.162 e. The van der Waals surface area contributed by atoms with Crippen LogP contribution in [0.4, 0.5) is 17.3 Å². The predicted molar refractivity (Wildman–Crippen MR) is 72.2 cm³/mol. The molecule has 6 N–H and O–H groups in total. The van der Waals surface area contributed by atoms with Gasteiger partial charge in [0.1, 0.15) is 30.3 Å². The highest BCUT2D eigenvalue weighted by Crippen LogP contribution is 2.39. The van der Waals surface area contributed by atoms with Crippen LogP contribution in [0, 0.1) is 10.2 Å². The van der Waals surface area contributed by atoms with E-state index < -0.39 is 34.8 Å². The van der Waals surface area contributed by atoms with E-state index in [1.165, 1.54) is 6.33 Å². The second-order valence-corrected chi connectivity index (χ2v) is 6.16. The minimum atomic E-state index is -4.69. The summed E-state index contributed by atoms with van der Waals surface area (Å²) in [6, 6.07) is 0. The average molecular weight is 384 g/mol. The van der Waals surface area contributed by atoms with Gasteiger partial charge in [-0.25, -0.2) is 9.97 Å². The maximum absolute atomic E-state index is 10.1. The summed E-state index contributed by atoms with van der Waals surface area (Å²) in [5.74, 6) is 0.876. The minimum Gasteiger partial charge on any atom is -0.394 e. The molecular weight excluding hydrogens is 366 g/mol. The first kappa shape index (κ1) is 19.8. The predicted octanol–water partition coefficient (Wildman–Crippen LogP) is -6.41. The third-order valence-corrected chi connectivity index (χ3v) is 3.67. The van der Waals surface area contributed by atoms with Gasteiger partial charge in [-0.15, -0.1) is 0 Å². The number of fused-ring (bicyclic) bond motifs is 1. The van der Waals surface area contributed by atoms with Crippen molar-refractivity contribution in [2.24, 2.45) is 0 Å². The van der Waals surface area contributed by atoms with E-state index in [0.717, 1.165) is 0 Å². The van der Waals surface area contributed by atoms with Gasteiger partial charge < -0.3 is 35.6 Å². The molecule has 1 saturated heterocycles. The SMILES string of the molecule is CN1CN(C2OC(CO)C(O)C2O)c2ncnc(N)c21.[O-][Cl+3]([O-])([O-])O. The van der Waals surface area contributed by atoms with Crippen molar-refractivity contribution >= 4 is 17.3 Å². The number of hydrogen-bond donors (Lipinski definition) is 5. The van der Waals surface area contributed by atoms with Crippen molar-refractivity contribution in [3.63, 3.8) is 0 Å². The van der Waals surface area contributed by atoms with E-state index >= 15 is 0 Å². The van der Waals surface area contributed by atoms with E-state index in [1.54, 1.807) is 4.90 Å². The standard InChI is InChI=1S/C11H17N5O4.ClHO4/c1-15-4-16(10-6(15)9(12)13-3-14-10)11-8(19)7(18)5(2-17)20-11;2-1(3,4)5/h3,5,7-8,11,17-19H,2,4H2,1H3,(H2,12,13,14);(H,2,3,4,5). The fourth-order valence-corrected chi connectivity index (χ4v) is 2.66. The molecule has 4 atom stereocenters. The number of aliphatic hydroxyl groups is 3. The van der Waals surface area contributed by atoms with Gasteiger partial charge in [0.05, 0.1) is 28.2 Å². The number of halogens is 1. The van der Waals surface area contributed by atoms with Gasteiger partial charge >= 0.3 is 0 Å². The lowest BCUT2D eigenvalue weighted by atomic mass is 10.1. The Hall–Kier alpha value is -1.55. The summed E-state index contributed by atoms with van der Waals surface area (Å²) >= 11 is 0. The number of anilines is 3. The second kappa shape index (κ2) is 7.36. The van der Waals surface area contributed by atoms with Crippen LogP contribution in [-0.4, -0.2) is 74.8 Å². The Morgan fingerprint density at radius 2 is 1.92 bits per heavy atom. The Balaban J connectivity index is 0.000000399. The van der Waals surface area contributed by atoms with Crippen LogP contribution in [0.3, 0.4) is 0 Å². The van der Waals surface area contributed by atoms with Gasteiger partial charge in [-0.3, -0.25) is 0 Å². The van der Waals surface area contributed by atoms with Gasteiger partial charge in [0.15, 0.2) is 17.9 Å². The van der Waals surface area contributed by atoms with Crippen LogP contribution >= 0.6 is 0 Å². The highest BCUT2D eigenvalue weighted by atomic mass is 35.7. The summed E-state index contributed by atoms with van der Waals surface area (Å²) in [4.78, 5) is 11.6. The topological polar surface area (TPSA) is 218 Å². The maximum Gasteiger partial charge on any atom is 0.162 e. The number of nitrogens with zero attached hydrogens (tertiary/aromatic N) is 4. The Labute approximate surface area is 143 Å². The van der Waals surface area contributed by atoms with Crippen LogP contribution in [0.1, 0.15) is 0 Å². The lowest BCUT2D eigenvalue weighted by Gasteiger charge is -2.27. The quantitative estimate of drug-likeness (QED) is 0.321. The number of rotatable bonds is 2. The van der Waals surface area contributed by atoms with E-state index in [0.29, 0.717) is 24.0 Å². The van der Waals surface area contributed by atoms with Gasteiger partial charge in [0.25, 0.3) is 0 Å². The van der Waals surface area contributed by atoms with Gasteiger partial charge in [-0.1, -0.05) is 0 Å². The molecule has 13 nitrogen and oxygen atoms in total. The van der Waals surface area contributed by atoms with Gasteiger partial charge in [0, 0.05) is 7.05 Å². The summed E-state index contributed by atoms with van der Waals surface area (Å²) < 4.78 is 38.2. The molecule has 3 rings (SSSR count). The lowest BCUT2D eigenvalue weighted by Crippen LogP contribution is -2.58. The third-order valence-electron chi connectivity index (χ3n) is 3.67. The fraction of sp³-hybridized carbons (Fsp3) is 0.636. The molecule has 142 valence electrons. The molecule has 1 fully saturated rings. The van der Waals surface area contributed by atoms with Crippen molar-refractivity contribution in [3.8, 4) is 0 Å². The first-order valence-corrected chi connectivity index (χ1v) is 8.15. The van der Waals surface area contributed by atoms with Crippen LogP contribution in [0.25, 0.3) is 0 Å². The summed E-state index contributed by atoms with van der Waals surface area (Å²) in [5.41, 5.74) is 6.48. The lowest BCUT2D eigenvalue weighted by molar-refractivity contribution is -1.92. The van der Waals surface area contributed by atoms with E-state index in [2.05, 4.69) is 9.97 Å². The highest BCUT2D eigenvalue weighted by molar-refractivity contribution is 5.81. The monoisotopic (exact) mass is 383 g/mol. The zero-order valence-corrected chi connectivity index (χ0v) is 13.7. The fourth-order valence-electron chi connectivity index (χ4n) is 2.66. The minimum absolute atomic E-state index is 0.340. The van der Waals surface area contributed by atoms with Crippen molar-refractivity contribution in [3.05, 3.63) is 6.33 Å². The number of nitrogen functional groups attached to an aromatic ring is 1. The molecule has 0 amide bonds. The maximum atomic E-state index is 10.1. The Kier molecular flexibility index (Phi) is 5.82. The Bertz CT molecular complexity index is 598. The van der Waals surface area contributed by atoms with Gasteiger partial charge in [-0.2, -0.15) is 14.0 Å². The molecule has 4 unspecified atom stereocenters. The zero-order chi connectivity index (χ0) is 18.9. The average Bonchev–Trinajstić information content (AvgIpc) is 2.97. The molecule has 0 aliphatic carbocycles. The summed E-state index contributed by atoms with van der Waals surface area (Å²) in [5, 5.41) is 29.0. The molecule has 0 bridgehead atoms. The zero-order valence-electron chi connectivity index (χ0n) is 13.0. The van der Waals surface area contributed by atoms with Crippen molar-refractivity contribution in [2.75, 3.05) is 35.9 Å². The van der Waals surface area contributed by atoms with Crippen LogP contribution < -0.4 is 29.5 Å². The van der Waals surface area contributed by atoms with Gasteiger partial charge in [0.2, 0.25) is 0 Å². The molecule has 25 heavy (non-hydrogen) atoms. The first-order valence-electron chi connectivity index (χ1n) is 6.88. The molecule has 3 heterocycles. The van der Waals surface area contributed by atoms with E-state index in [1.807, 2.05) is 11.9 Å². The van der Waals surface area contributed by atoms with Crippen LogP contribution in [0.2, 0.25) is 0 Å². The molecular formula is C11H18ClN5O8. The third kappa shape index (κ3) is 4.35. The van der Waals surface area contributed by atoms with E-state index in [4.69, 9.17) is 34.2 Å². The highest BCUT2D eigenvalue weighted by Gasteiger charge is 2.48. The van der Waals surface area contributed by atoms with Crippen molar-refractivity contribution in [1.82, 2.24) is 9.97 Å². The molecule has 14 heteroatoms. The van der Waals surface area contributed by atoms with Crippen LogP contribution in [-0.2, 0) is 4.74 Å². The molecule has 2 aliphatic heterocycles. The number of nitrogens with two attached hydrogens (primary N) is 1. The van der Waals surface area contributed by atoms with Crippen LogP contribution in [0.15, 0.2) is 6.33 Å². The van der Waals surface area contributed by atoms with E-state index in [-0.39, 0.29) is 6.61 Å². The summed E-state index contributed by atoms with van der Waals surface area (Å²) in [6.45, 7) is 0.0298. The van der Waals surface area contributed by atoms with Crippen molar-refractivity contribution < 1.29 is 48.9 Å². The van der Waals surface area contributed by atoms with E-state index in [9.17, 15) is 10.2 Å². The summed E-state index contributed by atoms with van der Waals surface area (Å²) in [6.07, 6.45) is -2.55. The number of hydrogen-bond acceptors (Lipinski definition) is 13. The molecule has 0 radical (unpaired) electrons. The number of ether oxygens (including phenoxy) is 1. The normalized spacial score (nSPS) is 28.6. The van der Waals surface area contributed by atoms with Crippen molar-refractivity contribution in [1.29, 1.82) is 0 Å². The number of aliphatic hydroxyl groups excluding tert-OH is 3. The Morgan fingerprint density at radius 1 is 1.32 bits per heavy atom. The van der Waals surface area contributed by atoms with Gasteiger partial charge in [-0.05, 0) is 0 Å². The molecule has 1 aromatic heterocycles. The van der Waals surface area contributed by atoms with Crippen molar-refractivity contribution in [2.45, 2.75) is 24.5 Å². The molecule has 2 aliphatic rings. The first-order chi connectivity index (χ1) is 11.5. The van der Waals surface area contributed by atoms with Crippen LogP contribution in [0.5, 0.6) is 0 Å². The second-order valence-electron chi connectivity index (χ2n) is 5.37.